The lowest BCUT2D eigenvalue weighted by atomic mass is 9.93. The third-order valence-electron chi connectivity index (χ3n) is 2.93. The molecule has 1 heteroatoms. The molecule has 1 rings (SSSR count). The molecule has 0 spiro atoms. The number of hydrogen-bond acceptors (Lipinski definition) is 1. The number of hydrogen-bond donors (Lipinski definition) is 0. The summed E-state index contributed by atoms with van der Waals surface area (Å²) in [5.41, 5.74) is 0. The molecule has 1 aliphatic heterocycles. The van der Waals surface area contributed by atoms with E-state index in [-0.39, 0.29) is 0 Å². The predicted octanol–water partition coefficient (Wildman–Crippen LogP) is 3.83. The number of aliphatic imine (C=N–C) groups is 1. The fourth-order valence-corrected chi connectivity index (χ4v) is 2.00. The molecule has 0 fully saturated rings. The van der Waals surface area contributed by atoms with Gasteiger partial charge in [0, 0.05) is 6.54 Å². The summed E-state index contributed by atoms with van der Waals surface area (Å²) in [6.07, 6.45) is 13.1. The van der Waals surface area contributed by atoms with Crippen LogP contribution in [0.25, 0.3) is 0 Å². The van der Waals surface area contributed by atoms with Crippen molar-refractivity contribution >= 4 is 6.21 Å². The van der Waals surface area contributed by atoms with Crippen LogP contribution >= 0.6 is 0 Å². The van der Waals surface area contributed by atoms with Crippen molar-refractivity contribution < 1.29 is 0 Å². The molecule has 0 saturated heterocycles. The Balaban J connectivity index is 2.24. The molecule has 1 heterocycles. The van der Waals surface area contributed by atoms with Crippen molar-refractivity contribution in [2.24, 2.45) is 10.9 Å². The van der Waals surface area contributed by atoms with Crippen molar-refractivity contribution in [3.8, 4) is 0 Å². The van der Waals surface area contributed by atoms with E-state index in [1.54, 1.807) is 0 Å². The molecule has 1 atom stereocenters. The molecule has 0 aromatic carbocycles. The maximum atomic E-state index is 4.42. The number of nitrogens with zero attached hydrogens (tertiary/aromatic N) is 1. The Morgan fingerprint density at radius 2 is 2.23 bits per heavy atom. The van der Waals surface area contributed by atoms with Crippen LogP contribution in [0.5, 0.6) is 0 Å². The van der Waals surface area contributed by atoms with E-state index in [0.29, 0.717) is 0 Å². The first kappa shape index (κ1) is 10.7. The van der Waals surface area contributed by atoms with Gasteiger partial charge in [-0.15, -0.1) is 0 Å². The summed E-state index contributed by atoms with van der Waals surface area (Å²) in [7, 11) is 0. The summed E-state index contributed by atoms with van der Waals surface area (Å²) < 4.78 is 0. The van der Waals surface area contributed by atoms with Gasteiger partial charge >= 0.3 is 0 Å². The van der Waals surface area contributed by atoms with E-state index < -0.39 is 0 Å². The summed E-state index contributed by atoms with van der Waals surface area (Å²) in [6, 6.07) is 0. The van der Waals surface area contributed by atoms with E-state index in [9.17, 15) is 0 Å². The minimum absolute atomic E-state index is 0.932. The second kappa shape index (κ2) is 7.11. The molecule has 1 nitrogen and oxygen atoms in total. The van der Waals surface area contributed by atoms with Crippen LogP contribution in [0.1, 0.15) is 58.3 Å². The van der Waals surface area contributed by atoms with Gasteiger partial charge in [-0.05, 0) is 25.0 Å². The standard InChI is InChI=1S/C12H23N/c1-2-3-7-12-8-5-4-6-10-13-11-9-12/h11-12H,2-10H2,1H3. The first-order valence-corrected chi connectivity index (χ1v) is 5.91. The third kappa shape index (κ3) is 5.07. The molecule has 0 radical (unpaired) electrons. The average molecular weight is 181 g/mol. The van der Waals surface area contributed by atoms with E-state index in [4.69, 9.17) is 0 Å². The largest absolute Gasteiger partial charge is 0.298 e. The molecular formula is C12H23N. The molecule has 0 aliphatic carbocycles. The Hall–Kier alpha value is -0.330. The van der Waals surface area contributed by atoms with Crippen molar-refractivity contribution in [3.05, 3.63) is 0 Å². The van der Waals surface area contributed by atoms with Crippen molar-refractivity contribution in [1.29, 1.82) is 0 Å². The Morgan fingerprint density at radius 1 is 1.31 bits per heavy atom. The molecule has 0 N–H and O–H groups in total. The lowest BCUT2D eigenvalue weighted by molar-refractivity contribution is 0.431. The molecule has 1 unspecified atom stereocenters. The fraction of sp³-hybridized carbons (Fsp3) is 0.917. The molecule has 0 amide bonds. The normalized spacial score (nSPS) is 24.8. The molecule has 0 saturated carbocycles. The van der Waals surface area contributed by atoms with Gasteiger partial charge in [0.15, 0.2) is 0 Å². The van der Waals surface area contributed by atoms with Crippen LogP contribution in [0.2, 0.25) is 0 Å². The molecule has 0 aromatic rings. The van der Waals surface area contributed by atoms with Crippen LogP contribution < -0.4 is 0 Å². The van der Waals surface area contributed by atoms with Gasteiger partial charge in [-0.1, -0.05) is 45.4 Å². The van der Waals surface area contributed by atoms with Crippen LogP contribution in [-0.4, -0.2) is 12.8 Å². The summed E-state index contributed by atoms with van der Waals surface area (Å²) in [5, 5.41) is 0. The van der Waals surface area contributed by atoms with Crippen LogP contribution in [0.15, 0.2) is 4.99 Å². The zero-order valence-corrected chi connectivity index (χ0v) is 8.97. The van der Waals surface area contributed by atoms with Gasteiger partial charge in [-0.3, -0.25) is 4.99 Å². The highest BCUT2D eigenvalue weighted by molar-refractivity contribution is 5.57. The highest BCUT2D eigenvalue weighted by Gasteiger charge is 2.07. The molecular weight excluding hydrogens is 158 g/mol. The Kier molecular flexibility index (Phi) is 5.88. The van der Waals surface area contributed by atoms with Crippen LogP contribution in [0.3, 0.4) is 0 Å². The van der Waals surface area contributed by atoms with Crippen LogP contribution in [0, 0.1) is 5.92 Å². The van der Waals surface area contributed by atoms with E-state index in [2.05, 4.69) is 18.1 Å². The SMILES string of the molecule is CCCCC1CC=NCCCCC1. The van der Waals surface area contributed by atoms with Gasteiger partial charge < -0.3 is 0 Å². The lowest BCUT2D eigenvalue weighted by Gasteiger charge is -2.12. The maximum absolute atomic E-state index is 4.42. The van der Waals surface area contributed by atoms with Gasteiger partial charge in [0.05, 0.1) is 0 Å². The third-order valence-corrected chi connectivity index (χ3v) is 2.93. The minimum Gasteiger partial charge on any atom is -0.298 e. The van der Waals surface area contributed by atoms with Crippen molar-refractivity contribution in [2.75, 3.05) is 6.54 Å². The predicted molar refractivity (Wildman–Crippen MR) is 59.5 cm³/mol. The summed E-state index contributed by atoms with van der Waals surface area (Å²) in [6.45, 7) is 3.35. The molecule has 0 bridgehead atoms. The molecule has 1 aliphatic rings. The van der Waals surface area contributed by atoms with E-state index in [1.807, 2.05) is 0 Å². The van der Waals surface area contributed by atoms with E-state index in [1.165, 1.54) is 51.4 Å². The number of unbranched alkanes of at least 4 members (excludes halogenated alkanes) is 1. The first-order chi connectivity index (χ1) is 6.43. The second-order valence-corrected chi connectivity index (χ2v) is 4.18. The molecule has 13 heavy (non-hydrogen) atoms. The van der Waals surface area contributed by atoms with Crippen molar-refractivity contribution in [1.82, 2.24) is 0 Å². The average Bonchev–Trinajstić information content (AvgIpc) is 2.28. The molecule has 0 aromatic heterocycles. The first-order valence-electron chi connectivity index (χ1n) is 5.91. The smallest absolute Gasteiger partial charge is 0.0385 e. The topological polar surface area (TPSA) is 12.4 Å². The van der Waals surface area contributed by atoms with E-state index in [0.717, 1.165) is 12.5 Å². The summed E-state index contributed by atoms with van der Waals surface area (Å²) in [5.74, 6) is 0.932. The summed E-state index contributed by atoms with van der Waals surface area (Å²) >= 11 is 0. The van der Waals surface area contributed by atoms with Gasteiger partial charge in [0.25, 0.3) is 0 Å². The lowest BCUT2D eigenvalue weighted by Crippen LogP contribution is -2.00. The highest BCUT2D eigenvalue weighted by Crippen LogP contribution is 2.20. The van der Waals surface area contributed by atoms with Crippen LogP contribution in [-0.2, 0) is 0 Å². The second-order valence-electron chi connectivity index (χ2n) is 4.18. The maximum Gasteiger partial charge on any atom is 0.0385 e. The quantitative estimate of drug-likeness (QED) is 0.627. The van der Waals surface area contributed by atoms with Crippen LogP contribution in [0.4, 0.5) is 0 Å². The summed E-state index contributed by atoms with van der Waals surface area (Å²) in [4.78, 5) is 4.42. The highest BCUT2D eigenvalue weighted by atomic mass is 14.7. The van der Waals surface area contributed by atoms with Crippen molar-refractivity contribution in [2.45, 2.75) is 58.3 Å². The Labute approximate surface area is 82.6 Å². The Morgan fingerprint density at radius 3 is 3.08 bits per heavy atom. The number of rotatable bonds is 3. The van der Waals surface area contributed by atoms with Gasteiger partial charge in [0.2, 0.25) is 0 Å². The zero-order valence-electron chi connectivity index (χ0n) is 8.97. The molecule has 76 valence electrons. The fourth-order valence-electron chi connectivity index (χ4n) is 2.00. The van der Waals surface area contributed by atoms with E-state index >= 15 is 0 Å². The van der Waals surface area contributed by atoms with Gasteiger partial charge in [0.1, 0.15) is 0 Å². The minimum atomic E-state index is 0.932. The van der Waals surface area contributed by atoms with Gasteiger partial charge in [-0.2, -0.15) is 0 Å². The Bertz CT molecular complexity index is 140. The van der Waals surface area contributed by atoms with Gasteiger partial charge in [-0.25, -0.2) is 0 Å². The monoisotopic (exact) mass is 181 g/mol. The van der Waals surface area contributed by atoms with Crippen molar-refractivity contribution in [3.63, 3.8) is 0 Å². The zero-order chi connectivity index (χ0) is 9.36.